The topological polar surface area (TPSA) is 156 Å². The molecule has 11 nitrogen and oxygen atoms in total. The summed E-state index contributed by atoms with van der Waals surface area (Å²) in [6.07, 6.45) is 0.397. The number of aromatic nitrogens is 2. The molecule has 0 N–H and O–H groups in total. The molecule has 38 heavy (non-hydrogen) atoms. The van der Waals surface area contributed by atoms with Gasteiger partial charge in [-0.2, -0.15) is 13.5 Å². The molecule has 0 aliphatic carbocycles. The summed E-state index contributed by atoms with van der Waals surface area (Å²) in [5, 5.41) is 15.1. The van der Waals surface area contributed by atoms with E-state index in [1.165, 1.54) is 20.0 Å². The van der Waals surface area contributed by atoms with Crippen molar-refractivity contribution < 1.29 is 30.7 Å². The van der Waals surface area contributed by atoms with Crippen molar-refractivity contribution in [2.24, 2.45) is 7.05 Å². The Morgan fingerprint density at radius 1 is 1.16 bits per heavy atom. The highest BCUT2D eigenvalue weighted by Crippen LogP contribution is 2.43. The number of benzene rings is 2. The molecule has 2 aromatic carbocycles. The van der Waals surface area contributed by atoms with Crippen molar-refractivity contribution in [1.82, 2.24) is 9.78 Å². The van der Waals surface area contributed by atoms with Gasteiger partial charge in [0.25, 0.3) is 5.69 Å². The molecule has 0 radical (unpaired) electrons. The monoisotopic (exact) mass is 561 g/mol. The van der Waals surface area contributed by atoms with Gasteiger partial charge in [-0.25, -0.2) is 13.1 Å². The van der Waals surface area contributed by atoms with E-state index < -0.39 is 36.1 Å². The summed E-state index contributed by atoms with van der Waals surface area (Å²) in [6.45, 7) is 8.73. The summed E-state index contributed by atoms with van der Waals surface area (Å²) in [5.41, 5.74) is 1.06. The molecule has 0 unspecified atom stereocenters. The summed E-state index contributed by atoms with van der Waals surface area (Å²) in [7, 11) is -6.59. The lowest BCUT2D eigenvalue weighted by molar-refractivity contribution is -0.384. The molecule has 1 aliphatic rings. The van der Waals surface area contributed by atoms with E-state index >= 15 is 0 Å². The number of non-ortho nitro benzene ring substituents is 1. The third-order valence-electron chi connectivity index (χ3n) is 6.87. The molecule has 0 fully saturated rings. The van der Waals surface area contributed by atoms with E-state index in [1.807, 2.05) is 13.8 Å². The Morgan fingerprint density at radius 3 is 2.34 bits per heavy atom. The summed E-state index contributed by atoms with van der Waals surface area (Å²) in [4.78, 5) is 24.1. The fraction of sp³-hybridized carbons (Fsp3) is 0.360. The second kappa shape index (κ2) is 9.02. The molecule has 0 atom stereocenters. The van der Waals surface area contributed by atoms with Crippen LogP contribution in [0.2, 0.25) is 0 Å². The number of nitro groups is 1. The predicted octanol–water partition coefficient (Wildman–Crippen LogP) is 3.71. The van der Waals surface area contributed by atoms with Gasteiger partial charge in [-0.05, 0) is 67.5 Å². The molecule has 3 aromatic rings. The van der Waals surface area contributed by atoms with E-state index in [2.05, 4.69) is 5.10 Å². The third-order valence-corrected chi connectivity index (χ3v) is 9.99. The van der Waals surface area contributed by atoms with Crippen LogP contribution in [0.3, 0.4) is 0 Å². The maximum Gasteiger partial charge on any atom is 0.340 e. The molecule has 1 aliphatic heterocycles. The number of fused-ring (bicyclic) bond motifs is 1. The smallest absolute Gasteiger partial charge is 0.340 e. The number of nitrogens with zero attached hydrogens (tertiary/aromatic N) is 3. The maximum atomic E-state index is 13.9. The summed E-state index contributed by atoms with van der Waals surface area (Å²) >= 11 is 0. The van der Waals surface area contributed by atoms with Crippen LogP contribution in [0.25, 0.3) is 0 Å². The van der Waals surface area contributed by atoms with Crippen molar-refractivity contribution in [3.8, 4) is 5.88 Å². The third kappa shape index (κ3) is 4.49. The molecule has 4 rings (SSSR count). The highest BCUT2D eigenvalue weighted by Gasteiger charge is 2.40. The van der Waals surface area contributed by atoms with E-state index in [0.717, 1.165) is 28.9 Å². The molecular weight excluding hydrogens is 534 g/mol. The largest absolute Gasteiger partial charge is 0.358 e. The van der Waals surface area contributed by atoms with Gasteiger partial charge in [0.05, 0.1) is 21.3 Å². The first kappa shape index (κ1) is 27.5. The Balaban J connectivity index is 1.84. The zero-order chi connectivity index (χ0) is 28.4. The van der Waals surface area contributed by atoms with Gasteiger partial charge in [-0.15, -0.1) is 0 Å². The van der Waals surface area contributed by atoms with Crippen molar-refractivity contribution >= 4 is 31.4 Å². The number of hydrogen-bond donors (Lipinski definition) is 0. The number of ketones is 1. The van der Waals surface area contributed by atoms with Crippen LogP contribution < -0.4 is 4.18 Å². The Bertz CT molecular complexity index is 1720. The fourth-order valence-corrected chi connectivity index (χ4v) is 8.21. The van der Waals surface area contributed by atoms with Crippen molar-refractivity contribution in [3.63, 3.8) is 0 Å². The van der Waals surface area contributed by atoms with E-state index in [4.69, 9.17) is 4.18 Å². The molecular formula is C25H27N3O8S2. The van der Waals surface area contributed by atoms with E-state index in [9.17, 15) is 31.7 Å². The van der Waals surface area contributed by atoms with Crippen LogP contribution in [0.4, 0.5) is 5.69 Å². The first-order valence-corrected chi connectivity index (χ1v) is 14.7. The number of carbonyl (C=O) groups excluding carboxylic acids is 1. The number of hydrogen-bond acceptors (Lipinski definition) is 9. The second-order valence-electron chi connectivity index (χ2n) is 10.0. The van der Waals surface area contributed by atoms with E-state index in [-0.39, 0.29) is 43.9 Å². The number of aryl methyl sites for hydroxylation is 3. The molecule has 202 valence electrons. The van der Waals surface area contributed by atoms with Gasteiger partial charge in [-0.1, -0.05) is 13.8 Å². The molecule has 0 saturated carbocycles. The minimum absolute atomic E-state index is 0.0147. The van der Waals surface area contributed by atoms with Gasteiger partial charge in [0, 0.05) is 24.7 Å². The highest BCUT2D eigenvalue weighted by molar-refractivity contribution is 7.91. The predicted molar refractivity (Wildman–Crippen MR) is 138 cm³/mol. The average Bonchev–Trinajstić information content (AvgIpc) is 3.09. The summed E-state index contributed by atoms with van der Waals surface area (Å²) in [6, 6.07) is 5.66. The van der Waals surface area contributed by atoms with Crippen molar-refractivity contribution in [2.45, 2.75) is 56.2 Å². The van der Waals surface area contributed by atoms with Crippen LogP contribution in [0.15, 0.2) is 40.1 Å². The van der Waals surface area contributed by atoms with Gasteiger partial charge in [0.15, 0.2) is 9.84 Å². The number of sulfone groups is 1. The van der Waals surface area contributed by atoms with Gasteiger partial charge >= 0.3 is 10.1 Å². The molecule has 0 spiro atoms. The van der Waals surface area contributed by atoms with Crippen LogP contribution in [-0.2, 0) is 32.4 Å². The van der Waals surface area contributed by atoms with E-state index in [0.29, 0.717) is 23.1 Å². The van der Waals surface area contributed by atoms with Crippen molar-refractivity contribution in [2.75, 3.05) is 5.75 Å². The molecule has 0 bridgehead atoms. The van der Waals surface area contributed by atoms with Crippen LogP contribution in [0, 0.1) is 30.9 Å². The van der Waals surface area contributed by atoms with Gasteiger partial charge in [-0.3, -0.25) is 14.9 Å². The quantitative estimate of drug-likeness (QED) is 0.189. The minimum Gasteiger partial charge on any atom is -0.358 e. The van der Waals surface area contributed by atoms with E-state index in [1.54, 1.807) is 13.8 Å². The Hall–Kier alpha value is -3.58. The SMILES string of the molecule is Cc1cc(C(=O)c2c(C)nn(C)c2OS(=O)(=O)c2ccc([N+](=O)[O-])cc2)c(C)c2c1S(=O)(=O)CCC2(C)C. The Morgan fingerprint density at radius 2 is 1.76 bits per heavy atom. The molecule has 0 amide bonds. The number of carbonyl (C=O) groups is 1. The minimum atomic E-state index is -4.48. The van der Waals surface area contributed by atoms with Crippen LogP contribution in [0.1, 0.15) is 58.6 Å². The summed E-state index contributed by atoms with van der Waals surface area (Å²) < 4.78 is 58.4. The zero-order valence-electron chi connectivity index (χ0n) is 21.7. The number of nitro benzene ring substituents is 1. The fourth-order valence-electron chi connectivity index (χ4n) is 4.98. The molecule has 13 heteroatoms. The van der Waals surface area contributed by atoms with Crippen LogP contribution in [0.5, 0.6) is 5.88 Å². The maximum absolute atomic E-state index is 13.9. The van der Waals surface area contributed by atoms with Crippen molar-refractivity contribution in [3.05, 3.63) is 74.0 Å². The second-order valence-corrected chi connectivity index (χ2v) is 13.6. The molecule has 1 aromatic heterocycles. The Labute approximate surface area is 220 Å². The normalized spacial score (nSPS) is 16.1. The number of rotatable bonds is 6. The Kier molecular flexibility index (Phi) is 6.51. The average molecular weight is 562 g/mol. The zero-order valence-corrected chi connectivity index (χ0v) is 23.4. The lowest BCUT2D eigenvalue weighted by Crippen LogP contribution is -2.33. The first-order chi connectivity index (χ1) is 17.5. The highest BCUT2D eigenvalue weighted by atomic mass is 32.2. The van der Waals surface area contributed by atoms with Crippen LogP contribution in [-0.4, -0.2) is 43.1 Å². The lowest BCUT2D eigenvalue weighted by atomic mass is 9.76. The van der Waals surface area contributed by atoms with Crippen LogP contribution >= 0.6 is 0 Å². The summed E-state index contributed by atoms with van der Waals surface area (Å²) in [5.74, 6) is -0.875. The molecule has 2 heterocycles. The van der Waals surface area contributed by atoms with Crippen molar-refractivity contribution in [1.29, 1.82) is 0 Å². The van der Waals surface area contributed by atoms with Gasteiger partial charge in [0.2, 0.25) is 11.7 Å². The van der Waals surface area contributed by atoms with Gasteiger partial charge in [0.1, 0.15) is 10.5 Å². The van der Waals surface area contributed by atoms with Gasteiger partial charge < -0.3 is 4.18 Å². The standard InChI is InChI=1S/C25H27N3O8S2/c1-14-13-19(15(2)21-23(14)37(32,33)12-11-25(21,4)5)22(29)20-16(3)26-27(6)24(20)36-38(34,35)18-9-7-17(8-10-18)28(30)31/h7-10,13H,11-12H2,1-6H3. The first-order valence-electron chi connectivity index (χ1n) is 11.6. The molecule has 0 saturated heterocycles. The lowest BCUT2D eigenvalue weighted by Gasteiger charge is -2.35.